The third kappa shape index (κ3) is 7.97. The van der Waals surface area contributed by atoms with Crippen molar-refractivity contribution < 1.29 is 14.5 Å². The predicted octanol–water partition coefficient (Wildman–Crippen LogP) is 2.25. The van der Waals surface area contributed by atoms with Gasteiger partial charge in [0.15, 0.2) is 20.3 Å². The van der Waals surface area contributed by atoms with Crippen molar-refractivity contribution in [3.63, 3.8) is 0 Å². The van der Waals surface area contributed by atoms with Crippen LogP contribution in [0.5, 0.6) is 0 Å². The molecule has 0 radical (unpaired) electrons. The molecule has 0 spiro atoms. The van der Waals surface area contributed by atoms with Gasteiger partial charge in [0.2, 0.25) is 11.8 Å². The molecule has 2 aromatic rings. The molecule has 1 unspecified atom stereocenters. The Bertz CT molecular complexity index is 857. The van der Waals surface area contributed by atoms with E-state index in [4.69, 9.17) is 0 Å². The van der Waals surface area contributed by atoms with Crippen molar-refractivity contribution in [3.8, 4) is 11.1 Å². The maximum Gasteiger partial charge on any atom is 0.249 e. The lowest BCUT2D eigenvalue weighted by atomic mass is 10.0. The van der Waals surface area contributed by atoms with Crippen LogP contribution in [-0.2, 0) is 16.0 Å². The summed E-state index contributed by atoms with van der Waals surface area (Å²) in [6.45, 7) is 5.57. The molecule has 2 rings (SSSR count). The number of amides is 2. The van der Waals surface area contributed by atoms with Gasteiger partial charge in [-0.3, -0.25) is 9.59 Å². The van der Waals surface area contributed by atoms with E-state index in [1.54, 1.807) is 12.4 Å². The molecule has 2 amide bonds. The average Bonchev–Trinajstić information content (AvgIpc) is 2.74. The Kier molecular flexibility index (Phi) is 9.51. The summed E-state index contributed by atoms with van der Waals surface area (Å²) in [6, 6.07) is 7.49. The first-order chi connectivity index (χ1) is 14.4. The number of carbonyl (C=O) groups excluding carboxylic acids is 2. The molecule has 0 fully saturated rings. The standard InChI is InChI=1S/C21H28N5O3P/c1-15(2)20(26-30(29)14-25-16(3)27)21(28)24-10-4-5-17-6-8-18(9-7-17)19-11-22-13-23-12-19/h6-9,11-13,15,20H,4-5,10,14H2,1-3H3,(H,24,28)(H,25,27)/t20-/m0/s1. The Hall–Kier alpha value is -2.70. The highest BCUT2D eigenvalue weighted by atomic mass is 31.1. The van der Waals surface area contributed by atoms with Crippen LogP contribution < -0.4 is 15.5 Å². The molecule has 0 aliphatic rings. The molecule has 8 nitrogen and oxygen atoms in total. The minimum Gasteiger partial charge on any atom is -0.611 e. The summed E-state index contributed by atoms with van der Waals surface area (Å²) in [5, 5.41) is 5.34. The first kappa shape index (κ1) is 23.6. The molecule has 2 atom stereocenters. The molecule has 0 saturated heterocycles. The number of hydrogen-bond acceptors (Lipinski definition) is 6. The van der Waals surface area contributed by atoms with Gasteiger partial charge < -0.3 is 15.5 Å². The lowest BCUT2D eigenvalue weighted by Crippen LogP contribution is -2.37. The average molecular weight is 429 g/mol. The van der Waals surface area contributed by atoms with Gasteiger partial charge in [-0.1, -0.05) is 42.9 Å². The van der Waals surface area contributed by atoms with Gasteiger partial charge >= 0.3 is 0 Å². The van der Waals surface area contributed by atoms with Gasteiger partial charge in [0.1, 0.15) is 6.33 Å². The molecule has 0 aliphatic carbocycles. The first-order valence-corrected chi connectivity index (χ1v) is 11.3. The van der Waals surface area contributed by atoms with Crippen molar-refractivity contribution in [1.82, 2.24) is 20.6 Å². The Morgan fingerprint density at radius 3 is 2.37 bits per heavy atom. The van der Waals surface area contributed by atoms with Gasteiger partial charge in [0.25, 0.3) is 0 Å². The van der Waals surface area contributed by atoms with Crippen LogP contribution in [0.15, 0.2) is 47.7 Å². The highest BCUT2D eigenvalue weighted by Gasteiger charge is 2.24. The largest absolute Gasteiger partial charge is 0.611 e. The smallest absolute Gasteiger partial charge is 0.249 e. The summed E-state index contributed by atoms with van der Waals surface area (Å²) in [6.07, 6.45) is 6.61. The van der Waals surface area contributed by atoms with Gasteiger partial charge in [-0.15, -0.1) is 0 Å². The van der Waals surface area contributed by atoms with Crippen LogP contribution in [0.3, 0.4) is 0 Å². The second-order valence-corrected chi connectivity index (χ2v) is 8.52. The number of nitrogens with one attached hydrogen (secondary N) is 2. The number of benzene rings is 1. The molecule has 9 heteroatoms. The molecule has 0 aliphatic heterocycles. The maximum absolute atomic E-state index is 12.4. The van der Waals surface area contributed by atoms with E-state index in [0.29, 0.717) is 6.54 Å². The van der Waals surface area contributed by atoms with Gasteiger partial charge in [-0.05, 0) is 29.9 Å². The van der Waals surface area contributed by atoms with E-state index in [9.17, 15) is 14.5 Å². The molecule has 1 aromatic carbocycles. The molecular weight excluding hydrogens is 401 g/mol. The summed E-state index contributed by atoms with van der Waals surface area (Å²) in [5.74, 6) is -0.601. The molecule has 0 saturated carbocycles. The third-order valence-electron chi connectivity index (χ3n) is 4.41. The summed E-state index contributed by atoms with van der Waals surface area (Å²) in [5.41, 5.74) is 3.20. The van der Waals surface area contributed by atoms with Crippen molar-refractivity contribution >= 4 is 19.8 Å². The Morgan fingerprint density at radius 1 is 1.10 bits per heavy atom. The van der Waals surface area contributed by atoms with Gasteiger partial charge in [0.05, 0.1) is 0 Å². The third-order valence-corrected chi connectivity index (χ3v) is 5.34. The molecular formula is C21H28N5O3P. The second-order valence-electron chi connectivity index (χ2n) is 7.27. The van der Waals surface area contributed by atoms with Gasteiger partial charge in [-0.25, -0.2) is 9.97 Å². The monoisotopic (exact) mass is 429 g/mol. The van der Waals surface area contributed by atoms with Crippen LogP contribution in [0.25, 0.3) is 11.1 Å². The first-order valence-electron chi connectivity index (χ1n) is 9.88. The maximum atomic E-state index is 12.4. The van der Waals surface area contributed by atoms with Crippen molar-refractivity contribution in [1.29, 1.82) is 0 Å². The van der Waals surface area contributed by atoms with E-state index >= 15 is 0 Å². The van der Waals surface area contributed by atoms with Gasteiger partial charge in [-0.2, -0.15) is 0 Å². The fraction of sp³-hybridized carbons (Fsp3) is 0.429. The Morgan fingerprint density at radius 2 is 1.77 bits per heavy atom. The number of rotatable bonds is 10. The van der Waals surface area contributed by atoms with E-state index in [1.165, 1.54) is 18.8 Å². The lowest BCUT2D eigenvalue weighted by molar-refractivity contribution is -0.157. The van der Waals surface area contributed by atoms with E-state index in [2.05, 4.69) is 37.5 Å². The van der Waals surface area contributed by atoms with Crippen molar-refractivity contribution in [3.05, 3.63) is 48.5 Å². The van der Waals surface area contributed by atoms with E-state index in [1.807, 2.05) is 26.0 Å². The van der Waals surface area contributed by atoms with Crippen LogP contribution in [0.2, 0.25) is 0 Å². The van der Waals surface area contributed by atoms with Crippen LogP contribution in [-0.4, -0.2) is 40.7 Å². The minimum absolute atomic E-state index is 0.0493. The van der Waals surface area contributed by atoms with Crippen molar-refractivity contribution in [2.24, 2.45) is 10.7 Å². The SMILES string of the molecule is CC(=O)NC[P+]([O-])=N[C@H](C(=O)NCCCc1ccc(-c2cncnc2)cc1)C(C)C. The van der Waals surface area contributed by atoms with E-state index in [0.717, 1.165) is 24.0 Å². The molecule has 160 valence electrons. The van der Waals surface area contributed by atoms with Crippen molar-refractivity contribution in [2.45, 2.75) is 39.7 Å². The molecule has 2 N–H and O–H groups in total. The van der Waals surface area contributed by atoms with Crippen molar-refractivity contribution in [2.75, 3.05) is 12.8 Å². The number of nitrogens with zero attached hydrogens (tertiary/aromatic N) is 3. The fourth-order valence-corrected chi connectivity index (χ4v) is 3.86. The van der Waals surface area contributed by atoms with E-state index < -0.39 is 14.0 Å². The predicted molar refractivity (Wildman–Crippen MR) is 115 cm³/mol. The number of hydrogen-bond donors (Lipinski definition) is 2. The highest BCUT2D eigenvalue weighted by molar-refractivity contribution is 7.39. The van der Waals surface area contributed by atoms with Crippen LogP contribution >= 0.6 is 7.94 Å². The summed E-state index contributed by atoms with van der Waals surface area (Å²) in [4.78, 5) is 43.4. The fourth-order valence-electron chi connectivity index (χ4n) is 2.77. The zero-order chi connectivity index (χ0) is 21.9. The molecule has 1 heterocycles. The molecule has 1 aromatic heterocycles. The van der Waals surface area contributed by atoms with Crippen LogP contribution in [0.4, 0.5) is 0 Å². The summed E-state index contributed by atoms with van der Waals surface area (Å²) in [7, 11) is -2.02. The quantitative estimate of drug-likeness (QED) is 0.443. The number of aryl methyl sites for hydroxylation is 1. The second kappa shape index (κ2) is 12.1. The zero-order valence-electron chi connectivity index (χ0n) is 17.5. The number of carbonyl (C=O) groups is 2. The molecule has 30 heavy (non-hydrogen) atoms. The minimum atomic E-state index is -2.02. The normalized spacial score (nSPS) is 12.5. The lowest BCUT2D eigenvalue weighted by Gasteiger charge is -2.15. The zero-order valence-corrected chi connectivity index (χ0v) is 18.4. The molecule has 0 bridgehead atoms. The Labute approximate surface area is 178 Å². The van der Waals surface area contributed by atoms with E-state index in [-0.39, 0.29) is 24.0 Å². The summed E-state index contributed by atoms with van der Waals surface area (Å²) >= 11 is 0. The topological polar surface area (TPSA) is 119 Å². The van der Waals surface area contributed by atoms with Crippen LogP contribution in [0, 0.1) is 5.92 Å². The van der Waals surface area contributed by atoms with Crippen LogP contribution in [0.1, 0.15) is 32.8 Å². The Balaban J connectivity index is 1.81. The van der Waals surface area contributed by atoms with Gasteiger partial charge in [0, 0.05) is 31.4 Å². The highest BCUT2D eigenvalue weighted by Crippen LogP contribution is 2.20. The summed E-state index contributed by atoms with van der Waals surface area (Å²) < 4.78 is 4.10. The number of aromatic nitrogens is 2.